The first kappa shape index (κ1) is 29.1. The molecule has 0 N–H and O–H groups in total. The zero-order chi connectivity index (χ0) is 34.2. The molecule has 11 rings (SSSR count). The lowest BCUT2D eigenvalue weighted by atomic mass is 10.0. The number of thiophene rings is 1. The van der Waals surface area contributed by atoms with Crippen LogP contribution in [0, 0.1) is 0 Å². The maximum atomic E-state index is 6.96. The Hall–Kier alpha value is -6.62. The second kappa shape index (κ2) is 11.5. The molecule has 11 aromatic rings. The monoisotopic (exact) mass is 682 g/mol. The molecule has 8 aromatic carbocycles. The average Bonchev–Trinajstić information content (AvgIpc) is 3.88. The molecule has 0 aliphatic carbocycles. The van der Waals surface area contributed by atoms with Gasteiger partial charge >= 0.3 is 0 Å². The maximum absolute atomic E-state index is 6.96. The fraction of sp³-hybridized carbons (Fsp3) is 0. The Balaban J connectivity index is 1.26. The number of furan rings is 1. The molecule has 0 radical (unpaired) electrons. The van der Waals surface area contributed by atoms with Gasteiger partial charge in [-0.15, -0.1) is 11.3 Å². The summed E-state index contributed by atoms with van der Waals surface area (Å²) in [6.45, 7) is 0. The number of hydrogen-bond donors (Lipinski definition) is 0. The molecule has 52 heavy (non-hydrogen) atoms. The van der Waals surface area contributed by atoms with Gasteiger partial charge in [0.15, 0.2) is 5.58 Å². The predicted molar refractivity (Wildman–Crippen MR) is 221 cm³/mol. The molecule has 4 heteroatoms. The molecule has 3 nitrogen and oxygen atoms in total. The molecule has 0 saturated heterocycles. The summed E-state index contributed by atoms with van der Waals surface area (Å²) in [6.07, 6.45) is 0. The zero-order valence-corrected chi connectivity index (χ0v) is 28.8. The molecule has 0 aliphatic rings. The van der Waals surface area contributed by atoms with Crippen molar-refractivity contribution in [2.75, 3.05) is 4.90 Å². The predicted octanol–water partition coefficient (Wildman–Crippen LogP) is 14.2. The van der Waals surface area contributed by atoms with Crippen LogP contribution in [0.25, 0.3) is 80.7 Å². The van der Waals surface area contributed by atoms with Crippen molar-refractivity contribution in [1.82, 2.24) is 4.57 Å². The number of aromatic nitrogens is 1. The van der Waals surface area contributed by atoms with Crippen LogP contribution in [0.3, 0.4) is 0 Å². The number of para-hydroxylation sites is 3. The van der Waals surface area contributed by atoms with Crippen LogP contribution in [0.15, 0.2) is 186 Å². The van der Waals surface area contributed by atoms with Gasteiger partial charge < -0.3 is 13.9 Å². The highest BCUT2D eigenvalue weighted by molar-refractivity contribution is 7.25. The highest BCUT2D eigenvalue weighted by Crippen LogP contribution is 2.49. The molecule has 0 saturated carbocycles. The summed E-state index contributed by atoms with van der Waals surface area (Å²) in [5.74, 6) is 0. The van der Waals surface area contributed by atoms with Crippen molar-refractivity contribution in [1.29, 1.82) is 0 Å². The van der Waals surface area contributed by atoms with E-state index < -0.39 is 0 Å². The molecule has 3 heterocycles. The molecule has 0 atom stereocenters. The summed E-state index contributed by atoms with van der Waals surface area (Å²) >= 11 is 1.84. The van der Waals surface area contributed by atoms with Crippen molar-refractivity contribution in [2.24, 2.45) is 0 Å². The zero-order valence-electron chi connectivity index (χ0n) is 28.0. The third-order valence-electron chi connectivity index (χ3n) is 10.4. The fourth-order valence-corrected chi connectivity index (χ4v) is 9.20. The van der Waals surface area contributed by atoms with Crippen molar-refractivity contribution in [2.45, 2.75) is 0 Å². The van der Waals surface area contributed by atoms with E-state index in [-0.39, 0.29) is 0 Å². The summed E-state index contributed by atoms with van der Waals surface area (Å²) in [6, 6.07) is 65.3. The van der Waals surface area contributed by atoms with Gasteiger partial charge in [0.05, 0.1) is 16.7 Å². The van der Waals surface area contributed by atoms with Gasteiger partial charge in [0.25, 0.3) is 0 Å². The minimum Gasteiger partial charge on any atom is -0.454 e. The van der Waals surface area contributed by atoms with Gasteiger partial charge in [-0.3, -0.25) is 0 Å². The van der Waals surface area contributed by atoms with E-state index >= 15 is 0 Å². The van der Waals surface area contributed by atoms with E-state index in [0.29, 0.717) is 0 Å². The third kappa shape index (κ3) is 4.38. The lowest BCUT2D eigenvalue weighted by molar-refractivity contribution is 0.669. The van der Waals surface area contributed by atoms with E-state index in [1.54, 1.807) is 0 Å². The minimum absolute atomic E-state index is 0.869. The topological polar surface area (TPSA) is 21.3 Å². The summed E-state index contributed by atoms with van der Waals surface area (Å²) < 4.78 is 11.9. The first-order valence-corrected chi connectivity index (χ1v) is 18.4. The van der Waals surface area contributed by atoms with Crippen LogP contribution >= 0.6 is 11.3 Å². The van der Waals surface area contributed by atoms with Crippen LogP contribution in [-0.2, 0) is 0 Å². The van der Waals surface area contributed by atoms with Crippen LogP contribution in [0.2, 0.25) is 0 Å². The SMILES string of the molecule is c1ccc(-c2ccc(N(c3ccc4c(c3)sc3ccccc34)c3cc4c(c5ccccc5n4-c4ccccc4)c4c3oc3ccccc34)cc2)cc1. The van der Waals surface area contributed by atoms with Gasteiger partial charge in [0.1, 0.15) is 5.58 Å². The van der Waals surface area contributed by atoms with Crippen molar-refractivity contribution in [3.05, 3.63) is 182 Å². The molecule has 0 bridgehead atoms. The largest absolute Gasteiger partial charge is 0.454 e. The lowest BCUT2D eigenvalue weighted by Gasteiger charge is -2.26. The van der Waals surface area contributed by atoms with Crippen LogP contribution in [-0.4, -0.2) is 4.57 Å². The standard InChI is InChI=1S/C48H30N2OS/c1-3-13-31(14-4-1)32-23-25-34(26-24-32)49(35-27-28-37-36-17-9-12-22-44(36)52-45(37)29-35)42-30-41-46(47-39-19-8-11-21-43(39)51-48(42)47)38-18-7-10-20-40(38)50(41)33-15-5-2-6-16-33/h1-30H. The van der Waals surface area contributed by atoms with Crippen molar-refractivity contribution >= 4 is 92.3 Å². The van der Waals surface area contributed by atoms with Gasteiger partial charge in [0.2, 0.25) is 0 Å². The second-order valence-corrected chi connectivity index (χ2v) is 14.4. The molecular weight excluding hydrogens is 653 g/mol. The maximum Gasteiger partial charge on any atom is 0.160 e. The number of benzene rings is 8. The quantitative estimate of drug-likeness (QED) is 0.180. The van der Waals surface area contributed by atoms with Crippen molar-refractivity contribution < 1.29 is 4.42 Å². The van der Waals surface area contributed by atoms with Gasteiger partial charge in [0, 0.05) is 58.8 Å². The first-order chi connectivity index (χ1) is 25.8. The molecule has 0 unspecified atom stereocenters. The Bertz CT molecular complexity index is 3120. The van der Waals surface area contributed by atoms with Gasteiger partial charge in [-0.1, -0.05) is 121 Å². The van der Waals surface area contributed by atoms with E-state index in [0.717, 1.165) is 55.7 Å². The van der Waals surface area contributed by atoms with Gasteiger partial charge in [-0.2, -0.15) is 0 Å². The summed E-state index contributed by atoms with van der Waals surface area (Å²) in [7, 11) is 0. The van der Waals surface area contributed by atoms with Crippen LogP contribution in [0.1, 0.15) is 0 Å². The molecule has 0 spiro atoms. The molecule has 0 aliphatic heterocycles. The van der Waals surface area contributed by atoms with E-state index in [1.165, 1.54) is 42.1 Å². The third-order valence-corrected chi connectivity index (χ3v) is 11.5. The van der Waals surface area contributed by atoms with E-state index in [2.05, 4.69) is 191 Å². The van der Waals surface area contributed by atoms with Crippen LogP contribution < -0.4 is 4.90 Å². The molecule has 3 aromatic heterocycles. The highest BCUT2D eigenvalue weighted by atomic mass is 32.1. The number of fused-ring (bicyclic) bond motifs is 10. The molecular formula is C48H30N2OS. The highest BCUT2D eigenvalue weighted by Gasteiger charge is 2.26. The Kier molecular flexibility index (Phi) is 6.42. The Morgan fingerprint density at radius 2 is 1.08 bits per heavy atom. The first-order valence-electron chi connectivity index (χ1n) is 17.6. The Labute approximate surface area is 303 Å². The Morgan fingerprint density at radius 1 is 0.442 bits per heavy atom. The normalized spacial score (nSPS) is 11.8. The van der Waals surface area contributed by atoms with Crippen LogP contribution in [0.4, 0.5) is 17.1 Å². The van der Waals surface area contributed by atoms with Crippen molar-refractivity contribution in [3.63, 3.8) is 0 Å². The van der Waals surface area contributed by atoms with E-state index in [9.17, 15) is 0 Å². The van der Waals surface area contributed by atoms with Gasteiger partial charge in [-0.05, 0) is 71.8 Å². The van der Waals surface area contributed by atoms with E-state index in [4.69, 9.17) is 4.42 Å². The number of nitrogens with zero attached hydrogens (tertiary/aromatic N) is 2. The minimum atomic E-state index is 0.869. The molecule has 0 amide bonds. The summed E-state index contributed by atoms with van der Waals surface area (Å²) in [4.78, 5) is 2.38. The molecule has 0 fully saturated rings. The molecule has 244 valence electrons. The Morgan fingerprint density at radius 3 is 1.90 bits per heavy atom. The summed E-state index contributed by atoms with van der Waals surface area (Å²) in [5.41, 5.74) is 10.7. The smallest absolute Gasteiger partial charge is 0.160 e. The summed E-state index contributed by atoms with van der Waals surface area (Å²) in [5, 5.41) is 7.21. The van der Waals surface area contributed by atoms with Crippen molar-refractivity contribution in [3.8, 4) is 16.8 Å². The number of rotatable bonds is 5. The fourth-order valence-electron chi connectivity index (χ4n) is 8.06. The van der Waals surface area contributed by atoms with Gasteiger partial charge in [-0.25, -0.2) is 0 Å². The number of anilines is 3. The van der Waals surface area contributed by atoms with Crippen LogP contribution in [0.5, 0.6) is 0 Å². The second-order valence-electron chi connectivity index (χ2n) is 13.3. The van der Waals surface area contributed by atoms with E-state index in [1.807, 2.05) is 11.3 Å². The lowest BCUT2D eigenvalue weighted by Crippen LogP contribution is -2.10. The number of hydrogen-bond acceptors (Lipinski definition) is 3. The average molecular weight is 683 g/mol.